The Labute approximate surface area is 139 Å². The molecule has 1 N–H and O–H groups in total. The average molecular weight is 342 g/mol. The Morgan fingerprint density at radius 3 is 2.52 bits per heavy atom. The van der Waals surface area contributed by atoms with Gasteiger partial charge in [0.1, 0.15) is 6.54 Å². The molecule has 3 amide bonds. The number of hydrogen-bond acceptors (Lipinski definition) is 4. The lowest BCUT2D eigenvalue weighted by Gasteiger charge is -2.23. The van der Waals surface area contributed by atoms with Gasteiger partial charge in [0.2, 0.25) is 17.7 Å². The SMILES string of the molecule is CNC(=O)C1CN(C(C)=O)CCN(C(=O)Cn2cc(Cl)cn2)C1. The Balaban J connectivity index is 2.09. The molecule has 2 heterocycles. The van der Waals surface area contributed by atoms with Gasteiger partial charge >= 0.3 is 0 Å². The van der Waals surface area contributed by atoms with Crippen LogP contribution < -0.4 is 5.32 Å². The summed E-state index contributed by atoms with van der Waals surface area (Å²) in [5.41, 5.74) is 0. The number of aromatic nitrogens is 2. The Hall–Kier alpha value is -2.09. The lowest BCUT2D eigenvalue weighted by molar-refractivity contribution is -0.133. The van der Waals surface area contributed by atoms with Gasteiger partial charge in [-0.1, -0.05) is 11.6 Å². The van der Waals surface area contributed by atoms with Crippen LogP contribution in [0.5, 0.6) is 0 Å². The average Bonchev–Trinajstić information content (AvgIpc) is 2.79. The van der Waals surface area contributed by atoms with Crippen LogP contribution in [0.4, 0.5) is 0 Å². The van der Waals surface area contributed by atoms with E-state index in [9.17, 15) is 14.4 Å². The van der Waals surface area contributed by atoms with E-state index in [4.69, 9.17) is 11.6 Å². The molecule has 126 valence electrons. The largest absolute Gasteiger partial charge is 0.359 e. The van der Waals surface area contributed by atoms with Gasteiger partial charge in [0.05, 0.1) is 17.1 Å². The first-order chi connectivity index (χ1) is 10.9. The minimum atomic E-state index is -0.448. The van der Waals surface area contributed by atoms with Crippen LogP contribution in [-0.2, 0) is 20.9 Å². The first kappa shape index (κ1) is 17.3. The molecule has 1 aliphatic heterocycles. The van der Waals surface area contributed by atoms with Crippen LogP contribution in [-0.4, -0.2) is 70.5 Å². The highest BCUT2D eigenvalue weighted by Gasteiger charge is 2.30. The molecule has 0 saturated carbocycles. The van der Waals surface area contributed by atoms with E-state index in [1.807, 2.05) is 0 Å². The van der Waals surface area contributed by atoms with Crippen LogP contribution in [0.2, 0.25) is 5.02 Å². The van der Waals surface area contributed by atoms with Crippen molar-refractivity contribution in [3.05, 3.63) is 17.4 Å². The van der Waals surface area contributed by atoms with Crippen LogP contribution in [0.15, 0.2) is 12.4 Å². The van der Waals surface area contributed by atoms with E-state index in [-0.39, 0.29) is 30.8 Å². The second-order valence-electron chi connectivity index (χ2n) is 5.47. The van der Waals surface area contributed by atoms with E-state index < -0.39 is 5.92 Å². The molecule has 0 bridgehead atoms. The molecule has 1 saturated heterocycles. The lowest BCUT2D eigenvalue weighted by atomic mass is 10.1. The standard InChI is InChI=1S/C14H20ClN5O3/c1-10(21)18-3-4-19(7-11(6-18)14(23)16-2)13(22)9-20-8-12(15)5-17-20/h5,8,11H,3-4,6-7,9H2,1-2H3,(H,16,23). The minimum absolute atomic E-state index is 0.0489. The topological polar surface area (TPSA) is 87.5 Å². The molecule has 2 rings (SSSR count). The van der Waals surface area contributed by atoms with E-state index in [1.54, 1.807) is 23.0 Å². The number of hydrogen-bond donors (Lipinski definition) is 1. The maximum absolute atomic E-state index is 12.4. The fraction of sp³-hybridized carbons (Fsp3) is 0.571. The molecule has 0 radical (unpaired) electrons. The lowest BCUT2D eigenvalue weighted by Crippen LogP contribution is -2.42. The van der Waals surface area contributed by atoms with E-state index >= 15 is 0 Å². The van der Waals surface area contributed by atoms with Crippen LogP contribution in [0.25, 0.3) is 0 Å². The highest BCUT2D eigenvalue weighted by Crippen LogP contribution is 2.12. The molecule has 0 aromatic carbocycles. The fourth-order valence-electron chi connectivity index (χ4n) is 2.56. The summed E-state index contributed by atoms with van der Waals surface area (Å²) in [6.45, 7) is 2.90. The zero-order chi connectivity index (χ0) is 17.0. The number of halogens is 1. The van der Waals surface area contributed by atoms with Crippen LogP contribution in [0.1, 0.15) is 6.92 Å². The van der Waals surface area contributed by atoms with Gasteiger partial charge in [-0.15, -0.1) is 0 Å². The highest BCUT2D eigenvalue weighted by atomic mass is 35.5. The summed E-state index contributed by atoms with van der Waals surface area (Å²) in [5, 5.41) is 7.02. The second-order valence-corrected chi connectivity index (χ2v) is 5.91. The van der Waals surface area contributed by atoms with Gasteiger partial charge in [0.15, 0.2) is 0 Å². The van der Waals surface area contributed by atoms with Crippen molar-refractivity contribution in [3.8, 4) is 0 Å². The van der Waals surface area contributed by atoms with Crippen LogP contribution in [0.3, 0.4) is 0 Å². The van der Waals surface area contributed by atoms with Gasteiger partial charge < -0.3 is 15.1 Å². The van der Waals surface area contributed by atoms with Gasteiger partial charge in [-0.25, -0.2) is 0 Å². The predicted molar refractivity (Wildman–Crippen MR) is 83.6 cm³/mol. The molecular weight excluding hydrogens is 322 g/mol. The summed E-state index contributed by atoms with van der Waals surface area (Å²) < 4.78 is 1.45. The van der Waals surface area contributed by atoms with Crippen molar-refractivity contribution < 1.29 is 14.4 Å². The van der Waals surface area contributed by atoms with E-state index in [1.165, 1.54) is 17.8 Å². The third-order valence-corrected chi connectivity index (χ3v) is 4.03. The first-order valence-electron chi connectivity index (χ1n) is 7.33. The van der Waals surface area contributed by atoms with Crippen molar-refractivity contribution in [2.24, 2.45) is 5.92 Å². The molecule has 1 unspecified atom stereocenters. The molecule has 1 aromatic heterocycles. The van der Waals surface area contributed by atoms with Crippen molar-refractivity contribution in [2.75, 3.05) is 33.2 Å². The number of carbonyl (C=O) groups is 3. The third-order valence-electron chi connectivity index (χ3n) is 3.84. The van der Waals surface area contributed by atoms with Crippen LogP contribution >= 0.6 is 11.6 Å². The molecular formula is C14H20ClN5O3. The van der Waals surface area contributed by atoms with Gasteiger partial charge in [-0.2, -0.15) is 5.10 Å². The van der Waals surface area contributed by atoms with Crippen LogP contribution in [0, 0.1) is 5.92 Å². The maximum atomic E-state index is 12.4. The molecule has 23 heavy (non-hydrogen) atoms. The van der Waals surface area contributed by atoms with E-state index in [2.05, 4.69) is 10.4 Å². The molecule has 1 fully saturated rings. The van der Waals surface area contributed by atoms with Crippen molar-refractivity contribution >= 4 is 29.3 Å². The Kier molecular flexibility index (Phi) is 5.59. The number of nitrogens with zero attached hydrogens (tertiary/aromatic N) is 4. The van der Waals surface area contributed by atoms with Gasteiger partial charge in [0, 0.05) is 46.3 Å². The zero-order valence-corrected chi connectivity index (χ0v) is 13.9. The Bertz CT molecular complexity index is 603. The zero-order valence-electron chi connectivity index (χ0n) is 13.2. The second kappa shape index (κ2) is 7.45. The Morgan fingerprint density at radius 1 is 1.30 bits per heavy atom. The maximum Gasteiger partial charge on any atom is 0.244 e. The van der Waals surface area contributed by atoms with E-state index in [0.717, 1.165) is 0 Å². The smallest absolute Gasteiger partial charge is 0.244 e. The quantitative estimate of drug-likeness (QED) is 0.809. The monoisotopic (exact) mass is 341 g/mol. The Morgan fingerprint density at radius 2 is 1.96 bits per heavy atom. The fourth-order valence-corrected chi connectivity index (χ4v) is 2.72. The normalized spacial score (nSPS) is 18.5. The summed E-state index contributed by atoms with van der Waals surface area (Å²) in [6.07, 6.45) is 3.03. The molecule has 1 atom stereocenters. The molecule has 0 spiro atoms. The summed E-state index contributed by atoms with van der Waals surface area (Å²) >= 11 is 5.79. The highest BCUT2D eigenvalue weighted by molar-refractivity contribution is 6.30. The molecule has 8 nitrogen and oxygen atoms in total. The molecule has 9 heteroatoms. The summed E-state index contributed by atoms with van der Waals surface area (Å²) in [4.78, 5) is 39.3. The number of rotatable bonds is 3. The van der Waals surface area contributed by atoms with Crippen molar-refractivity contribution in [3.63, 3.8) is 0 Å². The van der Waals surface area contributed by atoms with Crippen molar-refractivity contribution in [2.45, 2.75) is 13.5 Å². The van der Waals surface area contributed by atoms with Crippen molar-refractivity contribution in [1.29, 1.82) is 0 Å². The number of amides is 3. The van der Waals surface area contributed by atoms with E-state index in [0.29, 0.717) is 24.7 Å². The third kappa shape index (κ3) is 4.44. The first-order valence-corrected chi connectivity index (χ1v) is 7.71. The molecule has 1 aromatic rings. The minimum Gasteiger partial charge on any atom is -0.359 e. The predicted octanol–water partition coefficient (Wildman–Crippen LogP) is -0.411. The number of carbonyl (C=O) groups excluding carboxylic acids is 3. The van der Waals surface area contributed by atoms with Gasteiger partial charge in [-0.05, 0) is 0 Å². The van der Waals surface area contributed by atoms with Gasteiger partial charge in [-0.3, -0.25) is 19.1 Å². The number of nitrogens with one attached hydrogen (secondary N) is 1. The van der Waals surface area contributed by atoms with Crippen molar-refractivity contribution in [1.82, 2.24) is 24.9 Å². The van der Waals surface area contributed by atoms with Gasteiger partial charge in [0.25, 0.3) is 0 Å². The summed E-state index contributed by atoms with van der Waals surface area (Å²) in [7, 11) is 1.54. The molecule has 0 aliphatic carbocycles. The summed E-state index contributed by atoms with van der Waals surface area (Å²) in [5.74, 6) is -0.897. The molecule has 1 aliphatic rings. The summed E-state index contributed by atoms with van der Waals surface area (Å²) in [6, 6.07) is 0.